The van der Waals surface area contributed by atoms with Gasteiger partial charge in [0.2, 0.25) is 0 Å². The summed E-state index contributed by atoms with van der Waals surface area (Å²) in [4.78, 5) is 0. The van der Waals surface area contributed by atoms with E-state index in [1.54, 1.807) is 0 Å². The Balaban J connectivity index is 2.06. The van der Waals surface area contributed by atoms with Gasteiger partial charge >= 0.3 is 0 Å². The predicted molar refractivity (Wildman–Crippen MR) is 99.5 cm³/mol. The van der Waals surface area contributed by atoms with Crippen molar-refractivity contribution in [1.82, 2.24) is 5.32 Å². The van der Waals surface area contributed by atoms with Crippen LogP contribution in [0.5, 0.6) is 0 Å². The molecule has 2 aromatic carbocycles. The molecule has 0 spiro atoms. The first kappa shape index (κ1) is 16.5. The van der Waals surface area contributed by atoms with Crippen molar-refractivity contribution >= 4 is 23.0 Å². The van der Waals surface area contributed by atoms with Crippen LogP contribution in [-0.2, 0) is 0 Å². The number of hydrogen-bond acceptors (Lipinski definition) is 1. The van der Waals surface area contributed by atoms with E-state index in [0.29, 0.717) is 5.11 Å². The fourth-order valence-electron chi connectivity index (χ4n) is 2.41. The van der Waals surface area contributed by atoms with Gasteiger partial charge in [-0.2, -0.15) is 0 Å². The van der Waals surface area contributed by atoms with Crippen LogP contribution in [0.4, 0.5) is 5.69 Å². The van der Waals surface area contributed by atoms with Gasteiger partial charge in [-0.15, -0.1) is 0 Å². The van der Waals surface area contributed by atoms with Gasteiger partial charge in [0.1, 0.15) is 0 Å². The van der Waals surface area contributed by atoms with Crippen LogP contribution in [0.25, 0.3) is 0 Å². The highest BCUT2D eigenvalue weighted by Crippen LogP contribution is 2.19. The summed E-state index contributed by atoms with van der Waals surface area (Å²) in [6, 6.07) is 15.2. The number of rotatable bonds is 4. The lowest BCUT2D eigenvalue weighted by Crippen LogP contribution is -2.32. The number of thiocarbonyl (C=S) groups is 1. The van der Waals surface area contributed by atoms with Gasteiger partial charge in [0.15, 0.2) is 5.11 Å². The zero-order chi connectivity index (χ0) is 16.1. The summed E-state index contributed by atoms with van der Waals surface area (Å²) in [5.74, 6) is 0. The van der Waals surface area contributed by atoms with Crippen molar-refractivity contribution in [3.8, 4) is 0 Å². The smallest absolute Gasteiger partial charge is 0.171 e. The van der Waals surface area contributed by atoms with Gasteiger partial charge in [-0.05, 0) is 62.2 Å². The minimum atomic E-state index is 0.228. The van der Waals surface area contributed by atoms with Crippen molar-refractivity contribution in [2.75, 3.05) is 5.32 Å². The molecule has 0 fully saturated rings. The second kappa shape index (κ2) is 7.41. The van der Waals surface area contributed by atoms with Gasteiger partial charge in [-0.3, -0.25) is 0 Å². The highest BCUT2D eigenvalue weighted by atomic mass is 32.1. The van der Waals surface area contributed by atoms with Crippen molar-refractivity contribution in [3.05, 3.63) is 64.7 Å². The van der Waals surface area contributed by atoms with E-state index < -0.39 is 0 Å². The van der Waals surface area contributed by atoms with Crippen LogP contribution < -0.4 is 10.6 Å². The fraction of sp³-hybridized carbons (Fsp3) is 0.316. The average Bonchev–Trinajstić information content (AvgIpc) is 2.49. The van der Waals surface area contributed by atoms with Crippen LogP contribution in [-0.4, -0.2) is 5.11 Å². The molecule has 0 radical (unpaired) electrons. The van der Waals surface area contributed by atoms with Crippen LogP contribution >= 0.6 is 12.2 Å². The second-order valence-corrected chi connectivity index (χ2v) is 6.20. The van der Waals surface area contributed by atoms with E-state index in [2.05, 4.69) is 80.8 Å². The number of hydrogen-bond donors (Lipinski definition) is 2. The molecule has 1 atom stereocenters. The molecule has 2 aromatic rings. The fourth-order valence-corrected chi connectivity index (χ4v) is 2.66. The summed E-state index contributed by atoms with van der Waals surface area (Å²) in [6.45, 7) is 8.44. The summed E-state index contributed by atoms with van der Waals surface area (Å²) in [5.41, 5.74) is 6.02. The minimum Gasteiger partial charge on any atom is -0.356 e. The molecule has 116 valence electrons. The first-order chi connectivity index (χ1) is 10.5. The van der Waals surface area contributed by atoms with E-state index in [-0.39, 0.29) is 6.04 Å². The molecule has 3 heteroatoms. The Hall–Kier alpha value is -1.87. The standard InChI is InChI=1S/C19H24N2S/c1-5-17(16-10-7-13(2)8-11-16)20-19(22)21-18-12-14(3)6-9-15(18)4/h6-12,17H,5H2,1-4H3,(H2,20,21,22)/t17-/m1/s1. The van der Waals surface area contributed by atoms with E-state index >= 15 is 0 Å². The maximum atomic E-state index is 5.49. The van der Waals surface area contributed by atoms with Crippen LogP contribution in [0.15, 0.2) is 42.5 Å². The quantitative estimate of drug-likeness (QED) is 0.773. The van der Waals surface area contributed by atoms with Gasteiger partial charge in [0, 0.05) is 5.69 Å². The summed E-state index contributed by atoms with van der Waals surface area (Å²) >= 11 is 5.49. The summed E-state index contributed by atoms with van der Waals surface area (Å²) in [5, 5.41) is 7.40. The van der Waals surface area contributed by atoms with Crippen LogP contribution in [0, 0.1) is 20.8 Å². The Kier molecular flexibility index (Phi) is 5.56. The van der Waals surface area contributed by atoms with E-state index in [1.807, 2.05) is 0 Å². The Labute approximate surface area is 139 Å². The van der Waals surface area contributed by atoms with E-state index in [4.69, 9.17) is 12.2 Å². The third-order valence-electron chi connectivity index (χ3n) is 3.83. The molecule has 0 saturated heterocycles. The Morgan fingerprint density at radius 1 is 1.00 bits per heavy atom. The van der Waals surface area contributed by atoms with Gasteiger partial charge < -0.3 is 10.6 Å². The van der Waals surface area contributed by atoms with Crippen molar-refractivity contribution in [2.45, 2.75) is 40.2 Å². The number of benzene rings is 2. The van der Waals surface area contributed by atoms with Gasteiger partial charge in [-0.25, -0.2) is 0 Å². The summed E-state index contributed by atoms with van der Waals surface area (Å²) < 4.78 is 0. The lowest BCUT2D eigenvalue weighted by molar-refractivity contribution is 0.629. The van der Waals surface area contributed by atoms with Crippen molar-refractivity contribution < 1.29 is 0 Å². The second-order valence-electron chi connectivity index (χ2n) is 5.79. The third-order valence-corrected chi connectivity index (χ3v) is 4.05. The molecule has 2 nitrogen and oxygen atoms in total. The monoisotopic (exact) mass is 312 g/mol. The predicted octanol–water partition coefficient (Wildman–Crippen LogP) is 5.05. The number of nitrogens with one attached hydrogen (secondary N) is 2. The minimum absolute atomic E-state index is 0.228. The molecule has 0 saturated carbocycles. The molecule has 0 unspecified atom stereocenters. The van der Waals surface area contributed by atoms with Crippen LogP contribution in [0.1, 0.15) is 41.6 Å². The molecule has 22 heavy (non-hydrogen) atoms. The maximum Gasteiger partial charge on any atom is 0.171 e. The highest BCUT2D eigenvalue weighted by Gasteiger charge is 2.11. The van der Waals surface area contributed by atoms with Crippen LogP contribution in [0.3, 0.4) is 0 Å². The van der Waals surface area contributed by atoms with Crippen LogP contribution in [0.2, 0.25) is 0 Å². The highest BCUT2D eigenvalue weighted by molar-refractivity contribution is 7.80. The molecule has 0 bridgehead atoms. The maximum absolute atomic E-state index is 5.49. The lowest BCUT2D eigenvalue weighted by Gasteiger charge is -2.21. The number of anilines is 1. The topological polar surface area (TPSA) is 24.1 Å². The average molecular weight is 312 g/mol. The third kappa shape index (κ3) is 4.31. The molecule has 0 amide bonds. The molecule has 0 aliphatic carbocycles. The van der Waals surface area contributed by atoms with Gasteiger partial charge in [0.25, 0.3) is 0 Å². The first-order valence-electron chi connectivity index (χ1n) is 7.71. The summed E-state index contributed by atoms with van der Waals surface area (Å²) in [7, 11) is 0. The molecular formula is C19H24N2S. The molecule has 0 aliphatic rings. The first-order valence-corrected chi connectivity index (χ1v) is 8.11. The number of aryl methyl sites for hydroxylation is 3. The zero-order valence-corrected chi connectivity index (χ0v) is 14.6. The molecule has 0 aromatic heterocycles. The van der Waals surface area contributed by atoms with E-state index in [1.165, 1.54) is 22.3 Å². The Bertz CT molecular complexity index is 647. The largest absolute Gasteiger partial charge is 0.356 e. The molecule has 2 N–H and O–H groups in total. The van der Waals surface area contributed by atoms with Gasteiger partial charge in [0.05, 0.1) is 6.04 Å². The lowest BCUT2D eigenvalue weighted by atomic mass is 10.0. The Morgan fingerprint density at radius 2 is 1.64 bits per heavy atom. The van der Waals surface area contributed by atoms with Gasteiger partial charge in [-0.1, -0.05) is 48.9 Å². The van der Waals surface area contributed by atoms with Crippen molar-refractivity contribution in [3.63, 3.8) is 0 Å². The van der Waals surface area contributed by atoms with Crippen molar-refractivity contribution in [1.29, 1.82) is 0 Å². The van der Waals surface area contributed by atoms with Crippen molar-refractivity contribution in [2.24, 2.45) is 0 Å². The zero-order valence-electron chi connectivity index (χ0n) is 13.7. The normalized spacial score (nSPS) is 11.8. The molecule has 0 heterocycles. The molecule has 2 rings (SSSR count). The molecular weight excluding hydrogens is 288 g/mol. The molecule has 0 aliphatic heterocycles. The SMILES string of the molecule is CC[C@@H](NC(=S)Nc1cc(C)ccc1C)c1ccc(C)cc1. The summed E-state index contributed by atoms with van der Waals surface area (Å²) in [6.07, 6.45) is 0.984. The van der Waals surface area contributed by atoms with E-state index in [9.17, 15) is 0 Å². The Morgan fingerprint density at radius 3 is 2.27 bits per heavy atom. The van der Waals surface area contributed by atoms with E-state index in [0.717, 1.165) is 12.1 Å².